The van der Waals surface area contributed by atoms with Crippen molar-refractivity contribution in [2.24, 2.45) is 10.2 Å². The molecule has 0 atom stereocenters. The molecule has 0 N–H and O–H groups in total. The van der Waals surface area contributed by atoms with Crippen LogP contribution in [-0.4, -0.2) is 48.6 Å². The van der Waals surface area contributed by atoms with Crippen LogP contribution in [0.25, 0.3) is 22.3 Å². The highest BCUT2D eigenvalue weighted by atomic mass is 15.5. The van der Waals surface area contributed by atoms with Crippen LogP contribution >= 0.6 is 0 Å². The van der Waals surface area contributed by atoms with Gasteiger partial charge in [0.05, 0.1) is 38.6 Å². The molecule has 0 saturated carbocycles. The monoisotopic (exact) mass is 444 g/mol. The van der Waals surface area contributed by atoms with E-state index in [2.05, 4.69) is 117 Å². The number of rotatable bonds is 6. The fourth-order valence-electron chi connectivity index (χ4n) is 4.00. The molecule has 1 heterocycles. The molecule has 168 valence electrons. The first kappa shape index (κ1) is 21.7. The maximum absolute atomic E-state index is 4.68. The number of benzene rings is 4. The Labute approximate surface area is 201 Å². The minimum absolute atomic E-state index is 0.864. The standard InChI is InChI=1S/C30H28N4/c1-3-7-27(8-4-1)29-15-11-25(12-16-29)23-31-33-19-21-34(22-20-33)32-24-26-13-17-30(18-14-26)28-9-5-2-6-10-28/h1-18,23-24H,19-22H2/b31-23-,32-24+. The van der Waals surface area contributed by atoms with Gasteiger partial charge in [-0.25, -0.2) is 0 Å². The van der Waals surface area contributed by atoms with Gasteiger partial charge in [0.1, 0.15) is 0 Å². The Balaban J connectivity index is 1.11. The van der Waals surface area contributed by atoms with Crippen molar-refractivity contribution in [2.45, 2.75) is 0 Å². The number of nitrogens with zero attached hydrogens (tertiary/aromatic N) is 4. The van der Waals surface area contributed by atoms with Gasteiger partial charge < -0.3 is 0 Å². The smallest absolute Gasteiger partial charge is 0.0553 e. The lowest BCUT2D eigenvalue weighted by Crippen LogP contribution is -2.41. The fourth-order valence-corrected chi connectivity index (χ4v) is 4.00. The molecule has 0 aromatic heterocycles. The van der Waals surface area contributed by atoms with Crippen LogP contribution in [0.1, 0.15) is 11.1 Å². The van der Waals surface area contributed by atoms with E-state index in [1.807, 2.05) is 24.6 Å². The topological polar surface area (TPSA) is 31.2 Å². The predicted molar refractivity (Wildman–Crippen MR) is 142 cm³/mol. The number of hydrazone groups is 2. The van der Waals surface area contributed by atoms with Crippen LogP contribution in [0.5, 0.6) is 0 Å². The summed E-state index contributed by atoms with van der Waals surface area (Å²) in [5, 5.41) is 13.6. The molecule has 4 aromatic rings. The summed E-state index contributed by atoms with van der Waals surface area (Å²) in [6.45, 7) is 3.46. The maximum atomic E-state index is 4.68. The third kappa shape index (κ3) is 5.59. The van der Waals surface area contributed by atoms with Gasteiger partial charge in [-0.05, 0) is 33.4 Å². The van der Waals surface area contributed by atoms with E-state index in [9.17, 15) is 0 Å². The van der Waals surface area contributed by atoms with Crippen molar-refractivity contribution >= 4 is 12.4 Å². The van der Waals surface area contributed by atoms with Crippen molar-refractivity contribution in [1.29, 1.82) is 0 Å². The first-order valence-electron chi connectivity index (χ1n) is 11.7. The van der Waals surface area contributed by atoms with E-state index in [0.717, 1.165) is 37.3 Å². The molecular weight excluding hydrogens is 416 g/mol. The van der Waals surface area contributed by atoms with Crippen LogP contribution in [0.15, 0.2) is 119 Å². The third-order valence-electron chi connectivity index (χ3n) is 6.01. The summed E-state index contributed by atoms with van der Waals surface area (Å²) in [6.07, 6.45) is 3.89. The van der Waals surface area contributed by atoms with Gasteiger partial charge in [-0.2, -0.15) is 10.2 Å². The Bertz CT molecular complexity index is 1120. The van der Waals surface area contributed by atoms with Gasteiger partial charge in [0.25, 0.3) is 0 Å². The van der Waals surface area contributed by atoms with Gasteiger partial charge >= 0.3 is 0 Å². The largest absolute Gasteiger partial charge is 0.293 e. The van der Waals surface area contributed by atoms with E-state index < -0.39 is 0 Å². The molecule has 1 aliphatic heterocycles. The molecule has 4 heteroatoms. The minimum Gasteiger partial charge on any atom is -0.293 e. The zero-order valence-electron chi connectivity index (χ0n) is 19.2. The van der Waals surface area contributed by atoms with E-state index in [-0.39, 0.29) is 0 Å². The van der Waals surface area contributed by atoms with Crippen LogP contribution in [0, 0.1) is 0 Å². The van der Waals surface area contributed by atoms with Gasteiger partial charge in [0, 0.05) is 0 Å². The predicted octanol–water partition coefficient (Wildman–Crippen LogP) is 6.01. The summed E-state index contributed by atoms with van der Waals surface area (Å²) in [5.74, 6) is 0. The fraction of sp³-hybridized carbons (Fsp3) is 0.133. The van der Waals surface area contributed by atoms with E-state index in [1.54, 1.807) is 0 Å². The summed E-state index contributed by atoms with van der Waals surface area (Å²) in [7, 11) is 0. The lowest BCUT2D eigenvalue weighted by atomic mass is 10.0. The van der Waals surface area contributed by atoms with E-state index >= 15 is 0 Å². The van der Waals surface area contributed by atoms with Crippen molar-refractivity contribution in [3.05, 3.63) is 120 Å². The van der Waals surface area contributed by atoms with E-state index in [1.165, 1.54) is 22.3 Å². The molecule has 0 bridgehead atoms. The molecule has 4 nitrogen and oxygen atoms in total. The Kier molecular flexibility index (Phi) is 6.77. The van der Waals surface area contributed by atoms with Gasteiger partial charge in [-0.1, -0.05) is 109 Å². The molecule has 0 unspecified atom stereocenters. The zero-order valence-corrected chi connectivity index (χ0v) is 19.2. The van der Waals surface area contributed by atoms with Crippen molar-refractivity contribution in [3.8, 4) is 22.3 Å². The molecule has 0 radical (unpaired) electrons. The quantitative estimate of drug-likeness (QED) is 0.341. The van der Waals surface area contributed by atoms with Gasteiger partial charge in [-0.15, -0.1) is 0 Å². The Hall–Kier alpha value is -4.18. The first-order chi connectivity index (χ1) is 16.8. The molecule has 1 saturated heterocycles. The minimum atomic E-state index is 0.864. The average Bonchev–Trinajstić information content (AvgIpc) is 2.93. The maximum Gasteiger partial charge on any atom is 0.0553 e. The Morgan fingerprint density at radius 3 is 1.09 bits per heavy atom. The van der Waals surface area contributed by atoms with Gasteiger partial charge in [0.2, 0.25) is 0 Å². The highest BCUT2D eigenvalue weighted by Gasteiger charge is 2.13. The zero-order chi connectivity index (χ0) is 23.0. The molecule has 0 aliphatic carbocycles. The van der Waals surface area contributed by atoms with Crippen LogP contribution in [0.3, 0.4) is 0 Å². The van der Waals surface area contributed by atoms with Gasteiger partial charge in [-0.3, -0.25) is 10.0 Å². The summed E-state index contributed by atoms with van der Waals surface area (Å²) in [4.78, 5) is 0. The Morgan fingerprint density at radius 1 is 0.412 bits per heavy atom. The molecule has 34 heavy (non-hydrogen) atoms. The SMILES string of the molecule is C(=N/N1CCN(/N=C/c2ccc(-c3ccccc3)cc2)CC1)/c1ccc(-c2ccccc2)cc1. The molecule has 5 rings (SSSR count). The summed E-state index contributed by atoms with van der Waals surface area (Å²) in [6, 6.07) is 37.9. The van der Waals surface area contributed by atoms with Crippen molar-refractivity contribution in [1.82, 2.24) is 10.0 Å². The molecule has 1 aliphatic rings. The number of hydrogen-bond donors (Lipinski definition) is 0. The molecular formula is C30H28N4. The van der Waals surface area contributed by atoms with Gasteiger partial charge in [0.15, 0.2) is 0 Å². The highest BCUT2D eigenvalue weighted by Crippen LogP contribution is 2.20. The van der Waals surface area contributed by atoms with Crippen LogP contribution in [-0.2, 0) is 0 Å². The summed E-state index contributed by atoms with van der Waals surface area (Å²) < 4.78 is 0. The van der Waals surface area contributed by atoms with E-state index in [4.69, 9.17) is 0 Å². The third-order valence-corrected chi connectivity index (χ3v) is 6.01. The highest BCUT2D eigenvalue weighted by molar-refractivity contribution is 5.81. The van der Waals surface area contributed by atoms with Crippen LogP contribution in [0.4, 0.5) is 0 Å². The van der Waals surface area contributed by atoms with E-state index in [0.29, 0.717) is 0 Å². The number of hydrogen-bond acceptors (Lipinski definition) is 4. The Morgan fingerprint density at radius 2 is 0.735 bits per heavy atom. The first-order valence-corrected chi connectivity index (χ1v) is 11.7. The van der Waals surface area contributed by atoms with Crippen LogP contribution < -0.4 is 0 Å². The van der Waals surface area contributed by atoms with Crippen molar-refractivity contribution < 1.29 is 0 Å². The molecule has 1 fully saturated rings. The normalized spacial score (nSPS) is 14.2. The van der Waals surface area contributed by atoms with Crippen molar-refractivity contribution in [3.63, 3.8) is 0 Å². The molecule has 4 aromatic carbocycles. The molecule has 0 amide bonds. The summed E-state index contributed by atoms with van der Waals surface area (Å²) in [5.41, 5.74) is 7.13. The lowest BCUT2D eigenvalue weighted by Gasteiger charge is -2.31. The second-order valence-corrected chi connectivity index (χ2v) is 8.37. The number of piperazine rings is 1. The average molecular weight is 445 g/mol. The van der Waals surface area contributed by atoms with Crippen LogP contribution in [0.2, 0.25) is 0 Å². The lowest BCUT2D eigenvalue weighted by molar-refractivity contribution is 0.141. The second-order valence-electron chi connectivity index (χ2n) is 8.37. The second kappa shape index (κ2) is 10.6. The molecule has 0 spiro atoms. The van der Waals surface area contributed by atoms with Crippen molar-refractivity contribution in [2.75, 3.05) is 26.2 Å². The summed E-state index contributed by atoms with van der Waals surface area (Å²) >= 11 is 0.